The number of fused-ring (bicyclic) bond motifs is 1. The van der Waals surface area contributed by atoms with Crippen molar-refractivity contribution in [3.8, 4) is 5.75 Å². The molecular weight excluding hydrogens is 236 g/mol. The third-order valence-electron chi connectivity index (χ3n) is 4.60. The molecule has 0 radical (unpaired) electrons. The third-order valence-corrected chi connectivity index (χ3v) is 4.60. The summed E-state index contributed by atoms with van der Waals surface area (Å²) in [6.07, 6.45) is 6.71. The van der Waals surface area contributed by atoms with Crippen LogP contribution in [0.4, 0.5) is 5.69 Å². The second-order valence-electron chi connectivity index (χ2n) is 5.85. The normalized spacial score (nSPS) is 27.8. The van der Waals surface area contributed by atoms with Crippen molar-refractivity contribution in [1.29, 1.82) is 0 Å². The number of hydrogen-bond acceptors (Lipinski definition) is 3. The number of ether oxygens (including phenoxy) is 1. The van der Waals surface area contributed by atoms with Gasteiger partial charge in [0.05, 0.1) is 12.3 Å². The van der Waals surface area contributed by atoms with E-state index in [1.807, 2.05) is 24.3 Å². The lowest BCUT2D eigenvalue weighted by Gasteiger charge is -2.44. The first kappa shape index (κ1) is 12.8. The van der Waals surface area contributed by atoms with E-state index in [0.717, 1.165) is 24.1 Å². The molecule has 2 atom stereocenters. The summed E-state index contributed by atoms with van der Waals surface area (Å²) in [5, 5.41) is 0. The van der Waals surface area contributed by atoms with Gasteiger partial charge in [0.2, 0.25) is 0 Å². The zero-order valence-electron chi connectivity index (χ0n) is 11.6. The van der Waals surface area contributed by atoms with Crippen molar-refractivity contribution >= 4 is 5.69 Å². The second kappa shape index (κ2) is 5.83. The zero-order valence-corrected chi connectivity index (χ0v) is 11.6. The van der Waals surface area contributed by atoms with Crippen molar-refractivity contribution < 1.29 is 4.74 Å². The molecule has 0 aromatic heterocycles. The number of rotatable bonds is 3. The summed E-state index contributed by atoms with van der Waals surface area (Å²) in [6.45, 7) is 3.39. The summed E-state index contributed by atoms with van der Waals surface area (Å²) in [5.41, 5.74) is 6.68. The minimum atomic E-state index is 0.675. The monoisotopic (exact) mass is 260 g/mol. The van der Waals surface area contributed by atoms with Gasteiger partial charge in [-0.05, 0) is 50.9 Å². The van der Waals surface area contributed by atoms with E-state index in [-0.39, 0.29) is 0 Å². The van der Waals surface area contributed by atoms with Crippen LogP contribution in [0.5, 0.6) is 5.75 Å². The van der Waals surface area contributed by atoms with E-state index in [4.69, 9.17) is 10.5 Å². The van der Waals surface area contributed by atoms with Crippen LogP contribution in [0.2, 0.25) is 0 Å². The molecule has 2 aliphatic rings. The Balaban J connectivity index is 1.61. The Kier molecular flexibility index (Phi) is 3.92. The lowest BCUT2D eigenvalue weighted by molar-refractivity contribution is 0.0367. The van der Waals surface area contributed by atoms with E-state index in [2.05, 4.69) is 4.90 Å². The maximum absolute atomic E-state index is 5.97. The third kappa shape index (κ3) is 2.86. The molecule has 3 heteroatoms. The summed E-state index contributed by atoms with van der Waals surface area (Å²) < 4.78 is 5.97. The molecule has 2 aliphatic heterocycles. The molecule has 2 unspecified atom stereocenters. The van der Waals surface area contributed by atoms with Crippen LogP contribution in [0.25, 0.3) is 0 Å². The van der Waals surface area contributed by atoms with Crippen LogP contribution in [-0.4, -0.2) is 30.6 Å². The molecule has 3 rings (SSSR count). The molecule has 2 saturated heterocycles. The molecule has 2 fully saturated rings. The highest BCUT2D eigenvalue weighted by Gasteiger charge is 2.33. The van der Waals surface area contributed by atoms with Gasteiger partial charge in [0.1, 0.15) is 5.75 Å². The molecule has 104 valence electrons. The molecule has 1 aromatic rings. The summed E-state index contributed by atoms with van der Waals surface area (Å²) in [5.74, 6) is 1.52. The fourth-order valence-electron chi connectivity index (χ4n) is 3.58. The van der Waals surface area contributed by atoms with E-state index in [0.29, 0.717) is 5.92 Å². The first-order valence-electron chi connectivity index (χ1n) is 7.56. The number of benzene rings is 1. The molecule has 2 heterocycles. The highest BCUT2D eigenvalue weighted by molar-refractivity contribution is 5.51. The number of nitrogens with two attached hydrogens (primary N) is 1. The van der Waals surface area contributed by atoms with Crippen LogP contribution in [-0.2, 0) is 0 Å². The maximum atomic E-state index is 5.97. The van der Waals surface area contributed by atoms with Crippen LogP contribution in [0, 0.1) is 5.92 Å². The highest BCUT2D eigenvalue weighted by atomic mass is 16.5. The van der Waals surface area contributed by atoms with E-state index in [1.165, 1.54) is 45.2 Å². The van der Waals surface area contributed by atoms with Gasteiger partial charge in [-0.15, -0.1) is 0 Å². The van der Waals surface area contributed by atoms with Crippen LogP contribution < -0.4 is 10.5 Å². The number of nitrogens with zero attached hydrogens (tertiary/aromatic N) is 1. The molecule has 19 heavy (non-hydrogen) atoms. The van der Waals surface area contributed by atoms with Crippen molar-refractivity contribution in [2.75, 3.05) is 25.4 Å². The summed E-state index contributed by atoms with van der Waals surface area (Å²) in [7, 11) is 0. The Morgan fingerprint density at radius 3 is 2.84 bits per heavy atom. The minimum Gasteiger partial charge on any atom is -0.491 e. The number of anilines is 1. The Labute approximate surface area is 115 Å². The second-order valence-corrected chi connectivity index (χ2v) is 5.85. The average molecular weight is 260 g/mol. The van der Waals surface area contributed by atoms with Gasteiger partial charge in [-0.3, -0.25) is 4.90 Å². The van der Waals surface area contributed by atoms with Crippen LogP contribution in [0.3, 0.4) is 0 Å². The zero-order chi connectivity index (χ0) is 13.1. The molecule has 3 nitrogen and oxygen atoms in total. The first-order chi connectivity index (χ1) is 9.34. The number of piperidine rings is 2. The maximum Gasteiger partial charge on any atom is 0.142 e. The minimum absolute atomic E-state index is 0.675. The van der Waals surface area contributed by atoms with Gasteiger partial charge < -0.3 is 10.5 Å². The van der Waals surface area contributed by atoms with Crippen molar-refractivity contribution in [1.82, 2.24) is 4.90 Å². The van der Waals surface area contributed by atoms with Crippen molar-refractivity contribution in [2.45, 2.75) is 38.1 Å². The average Bonchev–Trinajstić information content (AvgIpc) is 2.46. The summed E-state index contributed by atoms with van der Waals surface area (Å²) in [6, 6.07) is 8.55. The topological polar surface area (TPSA) is 38.5 Å². The van der Waals surface area contributed by atoms with E-state index < -0.39 is 0 Å². The molecule has 0 spiro atoms. The van der Waals surface area contributed by atoms with Gasteiger partial charge in [-0.2, -0.15) is 0 Å². The standard InChI is InChI=1S/C16H24N2O/c17-14-7-1-2-9-16(14)19-12-13-6-5-11-18-10-4-3-8-15(13)18/h1-2,7,9,13,15H,3-6,8,10-12,17H2. The van der Waals surface area contributed by atoms with E-state index in [9.17, 15) is 0 Å². The highest BCUT2D eigenvalue weighted by Crippen LogP contribution is 2.32. The molecule has 0 bridgehead atoms. The number of nitrogen functional groups attached to an aromatic ring is 1. The molecule has 2 N–H and O–H groups in total. The lowest BCUT2D eigenvalue weighted by atomic mass is 9.84. The predicted octanol–water partition coefficient (Wildman–Crippen LogP) is 2.91. The van der Waals surface area contributed by atoms with Gasteiger partial charge in [0.15, 0.2) is 0 Å². The SMILES string of the molecule is Nc1ccccc1OCC1CCCN2CCCCC12. The van der Waals surface area contributed by atoms with E-state index in [1.54, 1.807) is 0 Å². The van der Waals surface area contributed by atoms with Gasteiger partial charge in [-0.25, -0.2) is 0 Å². The quantitative estimate of drug-likeness (QED) is 0.849. The Morgan fingerprint density at radius 2 is 1.95 bits per heavy atom. The van der Waals surface area contributed by atoms with Crippen molar-refractivity contribution in [3.63, 3.8) is 0 Å². The van der Waals surface area contributed by atoms with Gasteiger partial charge in [0.25, 0.3) is 0 Å². The predicted molar refractivity (Wildman–Crippen MR) is 78.3 cm³/mol. The van der Waals surface area contributed by atoms with Gasteiger partial charge in [-0.1, -0.05) is 18.6 Å². The Hall–Kier alpha value is -1.22. The smallest absolute Gasteiger partial charge is 0.142 e. The fourth-order valence-corrected chi connectivity index (χ4v) is 3.58. The molecule has 0 saturated carbocycles. The van der Waals surface area contributed by atoms with E-state index >= 15 is 0 Å². The largest absolute Gasteiger partial charge is 0.491 e. The lowest BCUT2D eigenvalue weighted by Crippen LogP contribution is -2.49. The van der Waals surface area contributed by atoms with Crippen LogP contribution >= 0.6 is 0 Å². The first-order valence-corrected chi connectivity index (χ1v) is 7.56. The number of hydrogen-bond donors (Lipinski definition) is 1. The van der Waals surface area contributed by atoms with Crippen LogP contribution in [0.15, 0.2) is 24.3 Å². The van der Waals surface area contributed by atoms with Gasteiger partial charge >= 0.3 is 0 Å². The summed E-state index contributed by atoms with van der Waals surface area (Å²) in [4.78, 5) is 2.68. The molecular formula is C16H24N2O. The molecule has 0 amide bonds. The van der Waals surface area contributed by atoms with Crippen LogP contribution in [0.1, 0.15) is 32.1 Å². The number of para-hydroxylation sites is 2. The Morgan fingerprint density at radius 1 is 1.11 bits per heavy atom. The molecule has 0 aliphatic carbocycles. The van der Waals surface area contributed by atoms with Gasteiger partial charge in [0, 0.05) is 12.0 Å². The molecule has 1 aromatic carbocycles. The van der Waals surface area contributed by atoms with Crippen molar-refractivity contribution in [2.24, 2.45) is 5.92 Å². The fraction of sp³-hybridized carbons (Fsp3) is 0.625. The summed E-state index contributed by atoms with van der Waals surface area (Å²) >= 11 is 0. The Bertz CT molecular complexity index is 419. The van der Waals surface area contributed by atoms with Crippen molar-refractivity contribution in [3.05, 3.63) is 24.3 Å².